The van der Waals surface area contributed by atoms with E-state index in [-0.39, 0.29) is 5.75 Å². The molecular weight excluding hydrogens is 208 g/mol. The molecule has 0 amide bonds. The van der Waals surface area contributed by atoms with Crippen LogP contribution in [0.5, 0.6) is 0 Å². The second kappa shape index (κ2) is 4.69. The molecule has 0 saturated heterocycles. The Morgan fingerprint density at radius 2 is 2.38 bits per heavy atom. The quantitative estimate of drug-likeness (QED) is 0.724. The summed E-state index contributed by atoms with van der Waals surface area (Å²) in [5.74, 6) is 0.179. The Labute approximate surface area is 81.9 Å². The average Bonchev–Trinajstić information content (AvgIpc) is 2.48. The molecule has 13 heavy (non-hydrogen) atoms. The Morgan fingerprint density at radius 3 is 2.92 bits per heavy atom. The minimum atomic E-state index is -2.84. The van der Waals surface area contributed by atoms with E-state index in [9.17, 15) is 8.42 Å². The molecule has 0 spiro atoms. The lowest BCUT2D eigenvalue weighted by molar-refractivity contribution is 0.596. The van der Waals surface area contributed by atoms with Gasteiger partial charge in [-0.3, -0.25) is 0 Å². The normalized spacial score (nSPS) is 11.8. The second-order valence-electron chi connectivity index (χ2n) is 2.73. The van der Waals surface area contributed by atoms with Gasteiger partial charge in [-0.15, -0.1) is 11.3 Å². The van der Waals surface area contributed by atoms with Gasteiger partial charge in [0.15, 0.2) is 0 Å². The largest absolute Gasteiger partial charge is 0.309 e. The van der Waals surface area contributed by atoms with E-state index in [0.717, 1.165) is 5.01 Å². The molecule has 0 aliphatic carbocycles. The van der Waals surface area contributed by atoms with Crippen LogP contribution in [0.25, 0.3) is 0 Å². The minimum Gasteiger partial charge on any atom is -0.309 e. The number of hydrogen-bond acceptors (Lipinski definition) is 5. The Balaban J connectivity index is 2.16. The predicted octanol–water partition coefficient (Wildman–Crippen LogP) is 0.277. The number of sulfone groups is 1. The average molecular weight is 220 g/mol. The molecule has 6 heteroatoms. The fourth-order valence-electron chi connectivity index (χ4n) is 0.793. The monoisotopic (exact) mass is 220 g/mol. The molecule has 4 nitrogen and oxygen atoms in total. The first-order valence-electron chi connectivity index (χ1n) is 3.85. The fourth-order valence-corrected chi connectivity index (χ4v) is 1.89. The summed E-state index contributed by atoms with van der Waals surface area (Å²) < 4.78 is 21.5. The van der Waals surface area contributed by atoms with Crippen LogP contribution in [0.1, 0.15) is 5.01 Å². The van der Waals surface area contributed by atoms with Crippen LogP contribution < -0.4 is 5.32 Å². The molecule has 0 aromatic carbocycles. The molecular formula is C7H12N2O2S2. The van der Waals surface area contributed by atoms with Gasteiger partial charge in [-0.05, 0) is 0 Å². The zero-order valence-electron chi connectivity index (χ0n) is 7.36. The van der Waals surface area contributed by atoms with Gasteiger partial charge >= 0.3 is 0 Å². The number of thiazole rings is 1. The molecule has 0 radical (unpaired) electrons. The van der Waals surface area contributed by atoms with Crippen molar-refractivity contribution in [2.24, 2.45) is 0 Å². The molecule has 74 valence electrons. The van der Waals surface area contributed by atoms with Crippen LogP contribution in [-0.4, -0.2) is 32.0 Å². The van der Waals surface area contributed by atoms with Gasteiger partial charge in [0, 0.05) is 30.9 Å². The SMILES string of the molecule is CS(=O)(=O)CCNCc1nccs1. The summed E-state index contributed by atoms with van der Waals surface area (Å²) in [6.07, 6.45) is 2.97. The van der Waals surface area contributed by atoms with Gasteiger partial charge in [0.1, 0.15) is 14.8 Å². The Bertz CT molecular complexity index is 331. The summed E-state index contributed by atoms with van der Waals surface area (Å²) in [6, 6.07) is 0. The molecule has 0 fully saturated rings. The van der Waals surface area contributed by atoms with Gasteiger partial charge in [0.05, 0.1) is 5.75 Å². The van der Waals surface area contributed by atoms with Crippen molar-refractivity contribution in [2.75, 3.05) is 18.6 Å². The van der Waals surface area contributed by atoms with Crippen LogP contribution in [0.4, 0.5) is 0 Å². The molecule has 1 heterocycles. The van der Waals surface area contributed by atoms with E-state index in [4.69, 9.17) is 0 Å². The summed E-state index contributed by atoms with van der Waals surface area (Å²) in [5.41, 5.74) is 0. The van der Waals surface area contributed by atoms with Crippen LogP contribution >= 0.6 is 11.3 Å². The van der Waals surface area contributed by atoms with Gasteiger partial charge in [-0.1, -0.05) is 0 Å². The van der Waals surface area contributed by atoms with Crippen molar-refractivity contribution in [3.05, 3.63) is 16.6 Å². The van der Waals surface area contributed by atoms with Crippen molar-refractivity contribution in [1.82, 2.24) is 10.3 Å². The van der Waals surface area contributed by atoms with Gasteiger partial charge in [-0.2, -0.15) is 0 Å². The summed E-state index contributed by atoms with van der Waals surface area (Å²) in [4.78, 5) is 4.06. The Hall–Kier alpha value is -0.460. The summed E-state index contributed by atoms with van der Waals surface area (Å²) in [6.45, 7) is 1.13. The molecule has 0 bridgehead atoms. The zero-order chi connectivity index (χ0) is 9.73. The zero-order valence-corrected chi connectivity index (χ0v) is 8.99. The molecule has 1 rings (SSSR count). The van der Waals surface area contributed by atoms with E-state index in [1.54, 1.807) is 17.5 Å². The standard InChI is InChI=1S/C7H12N2O2S2/c1-13(10,11)5-3-8-6-7-9-2-4-12-7/h2,4,8H,3,5-6H2,1H3. The second-order valence-corrected chi connectivity index (χ2v) is 5.97. The van der Waals surface area contributed by atoms with Crippen molar-refractivity contribution in [3.8, 4) is 0 Å². The third-order valence-electron chi connectivity index (χ3n) is 1.41. The van der Waals surface area contributed by atoms with E-state index in [1.165, 1.54) is 6.26 Å². The molecule has 1 N–H and O–H groups in total. The highest BCUT2D eigenvalue weighted by molar-refractivity contribution is 7.90. The van der Waals surface area contributed by atoms with Gasteiger partial charge < -0.3 is 5.32 Å². The number of rotatable bonds is 5. The van der Waals surface area contributed by atoms with Crippen LogP contribution in [0.2, 0.25) is 0 Å². The number of nitrogens with zero attached hydrogens (tertiary/aromatic N) is 1. The van der Waals surface area contributed by atoms with Crippen molar-refractivity contribution >= 4 is 21.2 Å². The first kappa shape index (κ1) is 10.6. The number of nitrogens with one attached hydrogen (secondary N) is 1. The maximum atomic E-state index is 10.7. The first-order chi connectivity index (χ1) is 6.08. The van der Waals surface area contributed by atoms with Crippen LogP contribution in [0.3, 0.4) is 0 Å². The van der Waals surface area contributed by atoms with Crippen LogP contribution in [0, 0.1) is 0 Å². The maximum absolute atomic E-state index is 10.7. The third kappa shape index (κ3) is 4.97. The van der Waals surface area contributed by atoms with E-state index < -0.39 is 9.84 Å². The topological polar surface area (TPSA) is 59.1 Å². The maximum Gasteiger partial charge on any atom is 0.148 e. The Kier molecular flexibility index (Phi) is 3.83. The minimum absolute atomic E-state index is 0.179. The van der Waals surface area contributed by atoms with Crippen molar-refractivity contribution in [2.45, 2.75) is 6.54 Å². The fraction of sp³-hybridized carbons (Fsp3) is 0.571. The van der Waals surface area contributed by atoms with Gasteiger partial charge in [0.25, 0.3) is 0 Å². The van der Waals surface area contributed by atoms with Crippen LogP contribution in [-0.2, 0) is 16.4 Å². The van der Waals surface area contributed by atoms with Crippen molar-refractivity contribution < 1.29 is 8.42 Å². The molecule has 0 aliphatic rings. The molecule has 0 atom stereocenters. The predicted molar refractivity (Wildman–Crippen MR) is 53.5 cm³/mol. The highest BCUT2D eigenvalue weighted by Crippen LogP contribution is 2.02. The number of hydrogen-bond donors (Lipinski definition) is 1. The van der Waals surface area contributed by atoms with Crippen LogP contribution in [0.15, 0.2) is 11.6 Å². The van der Waals surface area contributed by atoms with E-state index in [1.807, 2.05) is 5.38 Å². The molecule has 1 aromatic heterocycles. The third-order valence-corrected chi connectivity index (χ3v) is 3.13. The highest BCUT2D eigenvalue weighted by Gasteiger charge is 2.01. The molecule has 1 aromatic rings. The van der Waals surface area contributed by atoms with Gasteiger partial charge in [-0.25, -0.2) is 13.4 Å². The molecule has 0 saturated carbocycles. The first-order valence-corrected chi connectivity index (χ1v) is 6.79. The summed E-state index contributed by atoms with van der Waals surface area (Å²) in [5, 5.41) is 5.89. The lowest BCUT2D eigenvalue weighted by Crippen LogP contribution is -2.21. The van der Waals surface area contributed by atoms with Crippen molar-refractivity contribution in [1.29, 1.82) is 0 Å². The smallest absolute Gasteiger partial charge is 0.148 e. The number of aromatic nitrogens is 1. The summed E-state index contributed by atoms with van der Waals surface area (Å²) in [7, 11) is -2.84. The lowest BCUT2D eigenvalue weighted by Gasteiger charge is -2.00. The summed E-state index contributed by atoms with van der Waals surface area (Å²) >= 11 is 1.56. The molecule has 0 aliphatic heterocycles. The van der Waals surface area contributed by atoms with Crippen molar-refractivity contribution in [3.63, 3.8) is 0 Å². The van der Waals surface area contributed by atoms with Gasteiger partial charge in [0.2, 0.25) is 0 Å². The van der Waals surface area contributed by atoms with E-state index >= 15 is 0 Å². The van der Waals surface area contributed by atoms with E-state index in [0.29, 0.717) is 13.1 Å². The molecule has 0 unspecified atom stereocenters. The lowest BCUT2D eigenvalue weighted by atomic mass is 10.6. The Morgan fingerprint density at radius 1 is 1.62 bits per heavy atom. The highest BCUT2D eigenvalue weighted by atomic mass is 32.2. The van der Waals surface area contributed by atoms with E-state index in [2.05, 4.69) is 10.3 Å².